The molecule has 0 heterocycles. The van der Waals surface area contributed by atoms with Crippen molar-refractivity contribution in [3.63, 3.8) is 0 Å². The first-order valence-corrected chi connectivity index (χ1v) is 6.18. The Morgan fingerprint density at radius 2 is 1.45 bits per heavy atom. The van der Waals surface area contributed by atoms with Crippen molar-refractivity contribution in [2.75, 3.05) is 6.54 Å². The van der Waals surface area contributed by atoms with E-state index in [2.05, 4.69) is 5.32 Å². The zero-order valence-corrected chi connectivity index (χ0v) is 10.7. The molecule has 102 valence electrons. The molecule has 1 amide bonds. The lowest BCUT2D eigenvalue weighted by Gasteiger charge is -2.18. The summed E-state index contributed by atoms with van der Waals surface area (Å²) in [5.74, 6) is -0.604. The van der Waals surface area contributed by atoms with Crippen LogP contribution in [0.1, 0.15) is 17.2 Å². The third-order valence-corrected chi connectivity index (χ3v) is 2.84. The first-order chi connectivity index (χ1) is 9.66. The number of rotatable bonds is 5. The molecule has 0 saturated carbocycles. The molecule has 0 fully saturated rings. The van der Waals surface area contributed by atoms with Gasteiger partial charge in [0.2, 0.25) is 0 Å². The topological polar surface area (TPSA) is 72.2 Å². The summed E-state index contributed by atoms with van der Waals surface area (Å²) >= 11 is 0. The first-order valence-electron chi connectivity index (χ1n) is 6.18. The second-order valence-corrected chi connectivity index (χ2v) is 4.31. The molecule has 0 radical (unpaired) electrons. The Morgan fingerprint density at radius 1 is 1.00 bits per heavy atom. The fraction of sp³-hybridized carbons (Fsp3) is 0.133. The molecule has 0 atom stereocenters. The molecule has 5 heteroatoms. The number of carbonyl (C=O) groups is 1. The van der Waals surface area contributed by atoms with Crippen molar-refractivity contribution < 1.29 is 9.72 Å². The summed E-state index contributed by atoms with van der Waals surface area (Å²) < 4.78 is 0. The van der Waals surface area contributed by atoms with Crippen LogP contribution in [0.5, 0.6) is 0 Å². The number of amides is 1. The second-order valence-electron chi connectivity index (χ2n) is 4.31. The summed E-state index contributed by atoms with van der Waals surface area (Å²) in [6.07, 6.45) is 0. The van der Waals surface area contributed by atoms with Gasteiger partial charge in [-0.05, 0) is 11.1 Å². The summed E-state index contributed by atoms with van der Waals surface area (Å²) in [7, 11) is 0. The Labute approximate surface area is 116 Å². The molecule has 2 aromatic rings. The van der Waals surface area contributed by atoms with E-state index in [9.17, 15) is 14.9 Å². The minimum atomic E-state index is -0.726. The molecule has 0 saturated heterocycles. The van der Waals surface area contributed by atoms with Gasteiger partial charge in [0.25, 0.3) is 12.5 Å². The van der Waals surface area contributed by atoms with Crippen molar-refractivity contribution in [2.45, 2.75) is 6.04 Å². The normalized spacial score (nSPS) is 10.2. The van der Waals surface area contributed by atoms with E-state index in [-0.39, 0.29) is 6.04 Å². The maximum absolute atomic E-state index is 11.7. The number of benzene rings is 2. The van der Waals surface area contributed by atoms with Crippen LogP contribution in [-0.2, 0) is 4.79 Å². The van der Waals surface area contributed by atoms with Gasteiger partial charge in [0.1, 0.15) is 0 Å². The molecule has 0 aromatic heterocycles. The Morgan fingerprint density at radius 3 is 1.85 bits per heavy atom. The summed E-state index contributed by atoms with van der Waals surface area (Å²) in [4.78, 5) is 21.4. The largest absolute Gasteiger partial charge is 0.339 e. The highest BCUT2D eigenvalue weighted by Gasteiger charge is 2.19. The van der Waals surface area contributed by atoms with Gasteiger partial charge in [-0.3, -0.25) is 14.9 Å². The van der Waals surface area contributed by atoms with Crippen molar-refractivity contribution in [3.8, 4) is 0 Å². The van der Waals surface area contributed by atoms with Crippen molar-refractivity contribution in [1.82, 2.24) is 5.32 Å². The number of nitro groups is 1. The van der Waals surface area contributed by atoms with Crippen molar-refractivity contribution in [3.05, 3.63) is 81.9 Å². The van der Waals surface area contributed by atoms with E-state index in [0.29, 0.717) is 0 Å². The predicted octanol–water partition coefficient (Wildman–Crippen LogP) is 2.17. The SMILES string of the molecule is O=C(C[N+](=O)[O-])NC(c1ccccc1)c1ccccc1. The average molecular weight is 270 g/mol. The highest BCUT2D eigenvalue weighted by Crippen LogP contribution is 2.21. The van der Waals surface area contributed by atoms with Crippen LogP contribution in [0.4, 0.5) is 0 Å². The summed E-state index contributed by atoms with van der Waals surface area (Å²) in [5.41, 5.74) is 1.77. The highest BCUT2D eigenvalue weighted by molar-refractivity contribution is 5.78. The van der Waals surface area contributed by atoms with Crippen LogP contribution < -0.4 is 5.32 Å². The number of nitrogens with zero attached hydrogens (tertiary/aromatic N) is 1. The van der Waals surface area contributed by atoms with Crippen LogP contribution in [0.2, 0.25) is 0 Å². The molecule has 0 unspecified atom stereocenters. The van der Waals surface area contributed by atoms with Crippen LogP contribution in [0.25, 0.3) is 0 Å². The molecular weight excluding hydrogens is 256 g/mol. The van der Waals surface area contributed by atoms with Crippen LogP contribution in [-0.4, -0.2) is 17.4 Å². The van der Waals surface area contributed by atoms with E-state index in [4.69, 9.17) is 0 Å². The molecule has 0 bridgehead atoms. The first kappa shape index (κ1) is 13.7. The molecule has 2 rings (SSSR count). The van der Waals surface area contributed by atoms with Crippen molar-refractivity contribution >= 4 is 5.91 Å². The van der Waals surface area contributed by atoms with Gasteiger partial charge in [0.05, 0.1) is 6.04 Å². The van der Waals surface area contributed by atoms with Gasteiger partial charge in [-0.2, -0.15) is 0 Å². The average Bonchev–Trinajstić information content (AvgIpc) is 2.46. The van der Waals surface area contributed by atoms with Gasteiger partial charge in [-0.25, -0.2) is 0 Å². The van der Waals surface area contributed by atoms with Gasteiger partial charge < -0.3 is 5.32 Å². The fourth-order valence-corrected chi connectivity index (χ4v) is 1.97. The van der Waals surface area contributed by atoms with Crippen LogP contribution in [0, 0.1) is 10.1 Å². The zero-order chi connectivity index (χ0) is 14.4. The van der Waals surface area contributed by atoms with Crippen LogP contribution in [0.15, 0.2) is 60.7 Å². The van der Waals surface area contributed by atoms with Gasteiger partial charge in [0.15, 0.2) is 0 Å². The standard InChI is InChI=1S/C15H14N2O3/c18-14(11-17(19)20)16-15(12-7-3-1-4-8-12)13-9-5-2-6-10-13/h1-10,15H,11H2,(H,16,18). The van der Waals surface area contributed by atoms with E-state index >= 15 is 0 Å². The van der Waals surface area contributed by atoms with Crippen molar-refractivity contribution in [2.24, 2.45) is 0 Å². The monoisotopic (exact) mass is 270 g/mol. The predicted molar refractivity (Wildman–Crippen MR) is 74.7 cm³/mol. The van der Waals surface area contributed by atoms with Gasteiger partial charge in [-0.1, -0.05) is 60.7 Å². The quantitative estimate of drug-likeness (QED) is 0.668. The fourth-order valence-electron chi connectivity index (χ4n) is 1.97. The van der Waals surface area contributed by atoms with E-state index < -0.39 is 17.4 Å². The van der Waals surface area contributed by atoms with Crippen LogP contribution in [0.3, 0.4) is 0 Å². The van der Waals surface area contributed by atoms with E-state index in [1.54, 1.807) is 0 Å². The zero-order valence-electron chi connectivity index (χ0n) is 10.7. The maximum atomic E-state index is 11.7. The smallest absolute Gasteiger partial charge is 0.292 e. The molecule has 5 nitrogen and oxygen atoms in total. The Balaban J connectivity index is 2.26. The van der Waals surface area contributed by atoms with Gasteiger partial charge >= 0.3 is 0 Å². The number of nitrogens with one attached hydrogen (secondary N) is 1. The van der Waals surface area contributed by atoms with E-state index in [1.807, 2.05) is 60.7 Å². The Hall–Kier alpha value is -2.69. The molecule has 0 aliphatic heterocycles. The molecule has 0 aliphatic carbocycles. The van der Waals surface area contributed by atoms with Gasteiger partial charge in [-0.15, -0.1) is 0 Å². The Kier molecular flexibility index (Phi) is 4.44. The maximum Gasteiger partial charge on any atom is 0.292 e. The van der Waals surface area contributed by atoms with Crippen molar-refractivity contribution in [1.29, 1.82) is 0 Å². The summed E-state index contributed by atoms with van der Waals surface area (Å²) in [6, 6.07) is 18.4. The Bertz CT molecular complexity index is 545. The molecule has 0 aliphatic rings. The third-order valence-electron chi connectivity index (χ3n) is 2.84. The molecule has 0 spiro atoms. The number of carbonyl (C=O) groups excluding carboxylic acids is 1. The molecule has 2 aromatic carbocycles. The lowest BCUT2D eigenvalue weighted by atomic mass is 9.99. The minimum Gasteiger partial charge on any atom is -0.339 e. The minimum absolute atomic E-state index is 0.384. The lowest BCUT2D eigenvalue weighted by Crippen LogP contribution is -2.33. The van der Waals surface area contributed by atoms with Crippen LogP contribution >= 0.6 is 0 Å². The number of hydrogen-bond acceptors (Lipinski definition) is 3. The molecular formula is C15H14N2O3. The third kappa shape index (κ3) is 3.65. The molecule has 20 heavy (non-hydrogen) atoms. The lowest BCUT2D eigenvalue weighted by molar-refractivity contribution is -0.467. The van der Waals surface area contributed by atoms with E-state index in [1.165, 1.54) is 0 Å². The highest BCUT2D eigenvalue weighted by atomic mass is 16.6. The molecule has 1 N–H and O–H groups in total. The second kappa shape index (κ2) is 6.47. The summed E-state index contributed by atoms with van der Waals surface area (Å²) in [5, 5.41) is 13.1. The van der Waals surface area contributed by atoms with Gasteiger partial charge in [0, 0.05) is 4.92 Å². The van der Waals surface area contributed by atoms with E-state index in [0.717, 1.165) is 11.1 Å². The number of hydrogen-bond donors (Lipinski definition) is 1. The summed E-state index contributed by atoms with van der Waals surface area (Å²) in [6.45, 7) is -0.726.